The Kier molecular flexibility index (Phi) is 15.2. The van der Waals surface area contributed by atoms with Gasteiger partial charge >= 0.3 is 7.12 Å². The molecule has 0 saturated heterocycles. The molecule has 6 nitrogen and oxygen atoms in total. The summed E-state index contributed by atoms with van der Waals surface area (Å²) in [6.45, 7) is 0. The van der Waals surface area contributed by atoms with E-state index in [0.29, 0.717) is 32.3 Å². The molecule has 0 bridgehead atoms. The van der Waals surface area contributed by atoms with Gasteiger partial charge in [0, 0.05) is 43.9 Å². The number of halogens is 3. The second-order valence-electron chi connectivity index (χ2n) is 14.9. The van der Waals surface area contributed by atoms with Gasteiger partial charge in [-0.3, -0.25) is 0 Å². The summed E-state index contributed by atoms with van der Waals surface area (Å²) in [5, 5.41) is 19.6. The average molecular weight is 918 g/mol. The maximum Gasteiger partial charge on any atom is 0.488 e. The lowest BCUT2D eigenvalue weighted by Crippen LogP contribution is -2.29. The molecule has 10 heteroatoms. The number of hydrogen-bond donors (Lipinski definition) is 2. The van der Waals surface area contributed by atoms with Crippen molar-refractivity contribution < 1.29 is 10.0 Å². The number of aromatic nitrogens is 4. The van der Waals surface area contributed by atoms with E-state index in [1.807, 2.05) is 152 Å². The Morgan fingerprint density at radius 3 is 1.02 bits per heavy atom. The second-order valence-corrected chi connectivity index (χ2v) is 16.2. The highest BCUT2D eigenvalue weighted by molar-refractivity contribution is 6.58. The van der Waals surface area contributed by atoms with Gasteiger partial charge < -0.3 is 10.0 Å². The molecule has 0 amide bonds. The van der Waals surface area contributed by atoms with Crippen molar-refractivity contribution in [3.05, 3.63) is 246 Å². The number of rotatable bonds is 8. The molecule has 0 atom stereocenters. The van der Waals surface area contributed by atoms with Gasteiger partial charge in [-0.2, -0.15) is 0 Å². The first-order valence-electron chi connectivity index (χ1n) is 21.0. The van der Waals surface area contributed by atoms with Crippen molar-refractivity contribution in [2.24, 2.45) is 0 Å². The van der Waals surface area contributed by atoms with Crippen LogP contribution in [0.4, 0.5) is 0 Å². The molecule has 0 unspecified atom stereocenters. The predicted octanol–water partition coefficient (Wildman–Crippen LogP) is 13.9. The Balaban J connectivity index is 0.000000145. The fraction of sp³-hybridized carbons (Fsp3) is 0. The van der Waals surface area contributed by atoms with Crippen molar-refractivity contribution in [3.8, 4) is 78.8 Å². The second kappa shape index (κ2) is 22.1. The first-order valence-corrected chi connectivity index (χ1v) is 22.1. The molecule has 0 saturated carbocycles. The van der Waals surface area contributed by atoms with Gasteiger partial charge in [-0.15, -0.1) is 0 Å². The molecule has 66 heavy (non-hydrogen) atoms. The Morgan fingerprint density at radius 1 is 0.288 bits per heavy atom. The molecule has 0 fully saturated rings. The minimum absolute atomic E-state index is 0.411. The summed E-state index contributed by atoms with van der Waals surface area (Å²) in [5.74, 6) is 1.23. The van der Waals surface area contributed by atoms with Crippen LogP contribution in [0.1, 0.15) is 0 Å². The summed E-state index contributed by atoms with van der Waals surface area (Å²) in [7, 11) is -1.39. The SMILES string of the molecule is Clc1cccc(-c2nc(-c3ccccc3)cc(-c3ccc(-c4ccccc4)cc3)n2)c1.Clc1cccc(-c2nc(Cl)cc(-c3ccccc3)n2)c1.OB(O)c1ccc(-c2ccccc2)cc1. The van der Waals surface area contributed by atoms with E-state index in [1.165, 1.54) is 11.1 Å². The lowest BCUT2D eigenvalue weighted by Gasteiger charge is -2.10. The zero-order valence-corrected chi connectivity index (χ0v) is 37.6. The maximum atomic E-state index is 8.94. The van der Waals surface area contributed by atoms with Crippen LogP contribution < -0.4 is 5.46 Å². The van der Waals surface area contributed by atoms with Crippen LogP contribution in [-0.2, 0) is 0 Å². The summed E-state index contributed by atoms with van der Waals surface area (Å²) >= 11 is 18.3. The smallest absolute Gasteiger partial charge is 0.423 e. The van der Waals surface area contributed by atoms with Crippen LogP contribution in [0.3, 0.4) is 0 Å². The number of nitrogens with zero attached hydrogens (tertiary/aromatic N) is 4. The molecule has 10 rings (SSSR count). The normalized spacial score (nSPS) is 10.5. The van der Waals surface area contributed by atoms with Crippen molar-refractivity contribution in [2.45, 2.75) is 0 Å². The third-order valence-corrected chi connectivity index (χ3v) is 11.0. The largest absolute Gasteiger partial charge is 0.488 e. The van der Waals surface area contributed by atoms with Crippen molar-refractivity contribution in [3.63, 3.8) is 0 Å². The van der Waals surface area contributed by atoms with Gasteiger partial charge in [0.1, 0.15) is 5.15 Å². The molecule has 8 aromatic carbocycles. The number of hydrogen-bond acceptors (Lipinski definition) is 6. The Morgan fingerprint density at radius 2 is 0.606 bits per heavy atom. The summed E-state index contributed by atoms with van der Waals surface area (Å²) in [6.07, 6.45) is 0. The molecule has 2 heterocycles. The standard InChI is InChI=1S/C28H19ClN2.C16H10Cl2N2.C12H11BO2/c29-25-13-7-12-24(18-25)28-30-26(22-10-5-2-6-11-22)19-27(31-28)23-16-14-21(15-17-23)20-8-3-1-4-9-20;17-13-8-4-7-12(9-13)16-19-14(10-15(18)20-16)11-5-2-1-3-6-11;14-13(15)12-8-6-11(7-9-12)10-4-2-1-3-5-10/h1-19H;1-10H;1-9,14-15H. The molecule has 2 N–H and O–H groups in total. The third kappa shape index (κ3) is 12.1. The van der Waals surface area contributed by atoms with Crippen LogP contribution in [-0.4, -0.2) is 37.1 Å². The molecule has 0 aliphatic rings. The van der Waals surface area contributed by atoms with E-state index in [4.69, 9.17) is 54.8 Å². The Bertz CT molecular complexity index is 3130. The van der Waals surface area contributed by atoms with E-state index < -0.39 is 7.12 Å². The summed E-state index contributed by atoms with van der Waals surface area (Å²) < 4.78 is 0. The van der Waals surface area contributed by atoms with E-state index in [2.05, 4.69) is 70.6 Å². The first kappa shape index (κ1) is 45.3. The molecule has 0 aliphatic heterocycles. The first-order chi connectivity index (χ1) is 32.3. The maximum absolute atomic E-state index is 8.94. The highest BCUT2D eigenvalue weighted by Crippen LogP contribution is 2.31. The van der Waals surface area contributed by atoms with Gasteiger partial charge in [0.25, 0.3) is 0 Å². The van der Waals surface area contributed by atoms with Crippen molar-refractivity contribution >= 4 is 47.4 Å². The molecule has 0 aliphatic carbocycles. The van der Waals surface area contributed by atoms with E-state index >= 15 is 0 Å². The number of benzene rings is 8. The van der Waals surface area contributed by atoms with Crippen LogP contribution in [0.5, 0.6) is 0 Å². The van der Waals surface area contributed by atoms with E-state index in [9.17, 15) is 0 Å². The van der Waals surface area contributed by atoms with Gasteiger partial charge in [0.15, 0.2) is 11.6 Å². The van der Waals surface area contributed by atoms with Crippen LogP contribution in [0.15, 0.2) is 231 Å². The van der Waals surface area contributed by atoms with Crippen LogP contribution in [0.25, 0.3) is 78.8 Å². The minimum Gasteiger partial charge on any atom is -0.423 e. The Hall–Kier alpha value is -7.23. The average Bonchev–Trinajstić information content (AvgIpc) is 3.37. The lowest BCUT2D eigenvalue weighted by atomic mass is 9.80. The van der Waals surface area contributed by atoms with Gasteiger partial charge in [-0.1, -0.05) is 229 Å². The van der Waals surface area contributed by atoms with Gasteiger partial charge in [-0.25, -0.2) is 19.9 Å². The minimum atomic E-state index is -1.39. The molecule has 2 aromatic heterocycles. The topological polar surface area (TPSA) is 92.0 Å². The molecule has 10 aromatic rings. The van der Waals surface area contributed by atoms with Crippen molar-refractivity contribution in [2.75, 3.05) is 0 Å². The third-order valence-electron chi connectivity index (χ3n) is 10.3. The van der Waals surface area contributed by atoms with Gasteiger partial charge in [0.2, 0.25) is 0 Å². The molecular weight excluding hydrogens is 878 g/mol. The van der Waals surface area contributed by atoms with Crippen molar-refractivity contribution in [1.82, 2.24) is 19.9 Å². The quantitative estimate of drug-likeness (QED) is 0.117. The van der Waals surface area contributed by atoms with E-state index in [0.717, 1.165) is 56.0 Å². The van der Waals surface area contributed by atoms with Gasteiger partial charge in [0.05, 0.1) is 17.1 Å². The zero-order chi connectivity index (χ0) is 45.7. The fourth-order valence-corrected chi connectivity index (χ4v) is 7.55. The highest BCUT2D eigenvalue weighted by Gasteiger charge is 2.13. The van der Waals surface area contributed by atoms with Crippen LogP contribution in [0.2, 0.25) is 15.2 Å². The molecular formula is C56H40BCl3N4O2. The predicted molar refractivity (Wildman–Crippen MR) is 273 cm³/mol. The van der Waals surface area contributed by atoms with E-state index in [1.54, 1.807) is 18.2 Å². The summed E-state index contributed by atoms with van der Waals surface area (Å²) in [6, 6.07) is 74.9. The van der Waals surface area contributed by atoms with Gasteiger partial charge in [-0.05, 0) is 58.0 Å². The highest BCUT2D eigenvalue weighted by atomic mass is 35.5. The zero-order valence-electron chi connectivity index (χ0n) is 35.3. The summed E-state index contributed by atoms with van der Waals surface area (Å²) in [5.41, 5.74) is 12.5. The van der Waals surface area contributed by atoms with Crippen LogP contribution in [0, 0.1) is 0 Å². The van der Waals surface area contributed by atoms with Crippen molar-refractivity contribution in [1.29, 1.82) is 0 Å². The molecule has 0 spiro atoms. The molecule has 320 valence electrons. The lowest BCUT2D eigenvalue weighted by molar-refractivity contribution is 0.426. The molecule has 0 radical (unpaired) electrons. The Labute approximate surface area is 399 Å². The monoisotopic (exact) mass is 916 g/mol. The summed E-state index contributed by atoms with van der Waals surface area (Å²) in [4.78, 5) is 18.5. The fourth-order valence-electron chi connectivity index (χ4n) is 6.98. The van der Waals surface area contributed by atoms with E-state index in [-0.39, 0.29) is 0 Å². The van der Waals surface area contributed by atoms with Crippen LogP contribution >= 0.6 is 34.8 Å².